The van der Waals surface area contributed by atoms with Crippen molar-refractivity contribution in [3.05, 3.63) is 27.8 Å². The minimum atomic E-state index is -0.744. The van der Waals surface area contributed by atoms with Gasteiger partial charge in [0.2, 0.25) is 0 Å². The molecule has 1 aromatic carbocycles. The molecule has 0 saturated carbocycles. The molecule has 5 heteroatoms. The van der Waals surface area contributed by atoms with Gasteiger partial charge in [-0.3, -0.25) is 0 Å². The summed E-state index contributed by atoms with van der Waals surface area (Å²) < 4.78 is 5.87. The number of fused-ring (bicyclic) bond motifs is 1. The molecule has 0 spiro atoms. The van der Waals surface area contributed by atoms with Crippen LogP contribution in [0.3, 0.4) is 0 Å². The van der Waals surface area contributed by atoms with Crippen LogP contribution < -0.4 is 10.5 Å². The minimum absolute atomic E-state index is 0. The summed E-state index contributed by atoms with van der Waals surface area (Å²) in [7, 11) is 0. The fourth-order valence-corrected chi connectivity index (χ4v) is 2.46. The van der Waals surface area contributed by atoms with Gasteiger partial charge in [0.05, 0.1) is 6.04 Å². The van der Waals surface area contributed by atoms with E-state index in [9.17, 15) is 5.11 Å². The van der Waals surface area contributed by atoms with E-state index in [1.165, 1.54) is 0 Å². The molecule has 3 N–H and O–H groups in total. The quantitative estimate of drug-likeness (QED) is 0.773. The van der Waals surface area contributed by atoms with Gasteiger partial charge in [0.15, 0.2) is 0 Å². The molecule has 3 nitrogen and oxygen atoms in total. The Bertz CT molecular complexity index is 475. The van der Waals surface area contributed by atoms with Crippen molar-refractivity contribution in [3.8, 4) is 5.75 Å². The van der Waals surface area contributed by atoms with Crippen LogP contribution in [0.4, 0.5) is 0 Å². The van der Waals surface area contributed by atoms with Crippen LogP contribution in [0, 0.1) is 13.8 Å². The highest BCUT2D eigenvalue weighted by Crippen LogP contribution is 2.43. The monoisotopic (exact) mass is 291 g/mol. The topological polar surface area (TPSA) is 55.5 Å². The van der Waals surface area contributed by atoms with E-state index in [4.69, 9.17) is 22.1 Å². The van der Waals surface area contributed by atoms with Crippen LogP contribution in [0.1, 0.15) is 36.6 Å². The summed E-state index contributed by atoms with van der Waals surface area (Å²) in [5.41, 5.74) is 7.93. The third kappa shape index (κ3) is 2.21. The average molecular weight is 292 g/mol. The number of nitrogens with two attached hydrogens (primary N) is 1. The van der Waals surface area contributed by atoms with Gasteiger partial charge in [-0.15, -0.1) is 12.4 Å². The van der Waals surface area contributed by atoms with Crippen LogP contribution in [-0.4, -0.2) is 16.7 Å². The molecule has 1 aliphatic heterocycles. The summed E-state index contributed by atoms with van der Waals surface area (Å²) in [6, 6.07) is 1.40. The predicted octanol–water partition coefficient (Wildman–Crippen LogP) is 2.91. The van der Waals surface area contributed by atoms with E-state index in [0.717, 1.165) is 11.1 Å². The molecule has 2 atom stereocenters. The Kier molecular flexibility index (Phi) is 4.23. The molecule has 0 bridgehead atoms. The molecule has 0 radical (unpaired) electrons. The number of aliphatic hydroxyl groups is 1. The molecular formula is C13H19Cl2NO2. The Morgan fingerprint density at radius 2 is 1.94 bits per heavy atom. The number of aliphatic hydroxyl groups excluding tert-OH is 1. The van der Waals surface area contributed by atoms with Gasteiger partial charge in [-0.2, -0.15) is 0 Å². The first kappa shape index (κ1) is 15.6. The van der Waals surface area contributed by atoms with Crippen LogP contribution in [0.5, 0.6) is 5.75 Å². The van der Waals surface area contributed by atoms with Gasteiger partial charge >= 0.3 is 0 Å². The number of hydrogen-bond acceptors (Lipinski definition) is 3. The number of ether oxygens (including phenoxy) is 1. The molecular weight excluding hydrogens is 273 g/mol. The molecule has 0 fully saturated rings. The van der Waals surface area contributed by atoms with Gasteiger partial charge in [0.1, 0.15) is 17.5 Å². The molecule has 102 valence electrons. The largest absolute Gasteiger partial charge is 0.486 e. The molecule has 0 amide bonds. The molecule has 0 aliphatic carbocycles. The normalized spacial score (nSPS) is 24.8. The Balaban J connectivity index is 0.00000162. The Morgan fingerprint density at radius 3 is 2.50 bits per heavy atom. The Labute approximate surface area is 119 Å². The van der Waals surface area contributed by atoms with Crippen LogP contribution >= 0.6 is 24.0 Å². The number of rotatable bonds is 0. The van der Waals surface area contributed by atoms with Gasteiger partial charge in [-0.05, 0) is 44.9 Å². The lowest BCUT2D eigenvalue weighted by molar-refractivity contribution is -0.0121. The zero-order chi connectivity index (χ0) is 13.0. The van der Waals surface area contributed by atoms with Crippen molar-refractivity contribution in [3.63, 3.8) is 0 Å². The van der Waals surface area contributed by atoms with Crippen molar-refractivity contribution >= 4 is 24.0 Å². The van der Waals surface area contributed by atoms with Gasteiger partial charge in [-0.25, -0.2) is 0 Å². The second kappa shape index (κ2) is 4.89. The number of aryl methyl sites for hydroxylation is 1. The maximum atomic E-state index is 10.3. The van der Waals surface area contributed by atoms with Crippen molar-refractivity contribution in [2.45, 2.75) is 45.4 Å². The first-order valence-electron chi connectivity index (χ1n) is 5.68. The summed E-state index contributed by atoms with van der Waals surface area (Å²) in [5, 5.41) is 11.0. The molecule has 0 saturated heterocycles. The van der Waals surface area contributed by atoms with E-state index in [1.54, 1.807) is 0 Å². The second-order valence-electron chi connectivity index (χ2n) is 5.22. The van der Waals surface area contributed by atoms with Crippen molar-refractivity contribution in [1.82, 2.24) is 0 Å². The average Bonchev–Trinajstić information content (AvgIpc) is 2.22. The summed E-state index contributed by atoms with van der Waals surface area (Å²) in [6.45, 7) is 7.56. The maximum Gasteiger partial charge on any atom is 0.126 e. The highest BCUT2D eigenvalue weighted by Gasteiger charge is 2.42. The van der Waals surface area contributed by atoms with E-state index >= 15 is 0 Å². The Hall–Kier alpha value is -0.480. The van der Waals surface area contributed by atoms with Crippen molar-refractivity contribution in [1.29, 1.82) is 0 Å². The first-order valence-corrected chi connectivity index (χ1v) is 6.05. The van der Waals surface area contributed by atoms with Crippen LogP contribution in [0.2, 0.25) is 5.02 Å². The number of hydrogen-bond donors (Lipinski definition) is 2. The fourth-order valence-electron chi connectivity index (χ4n) is 2.30. The highest BCUT2D eigenvalue weighted by atomic mass is 35.5. The van der Waals surface area contributed by atoms with Gasteiger partial charge in [-0.1, -0.05) is 11.6 Å². The molecule has 18 heavy (non-hydrogen) atoms. The van der Waals surface area contributed by atoms with Crippen LogP contribution in [0.15, 0.2) is 6.07 Å². The summed E-state index contributed by atoms with van der Waals surface area (Å²) in [4.78, 5) is 0. The molecule has 1 aliphatic rings. The van der Waals surface area contributed by atoms with Crippen LogP contribution in [-0.2, 0) is 0 Å². The fraction of sp³-hybridized carbons (Fsp3) is 0.538. The van der Waals surface area contributed by atoms with Gasteiger partial charge < -0.3 is 15.6 Å². The number of halogens is 2. The second-order valence-corrected chi connectivity index (χ2v) is 5.60. The van der Waals surface area contributed by atoms with Crippen molar-refractivity contribution in [2.24, 2.45) is 5.73 Å². The Morgan fingerprint density at radius 1 is 1.39 bits per heavy atom. The highest BCUT2D eigenvalue weighted by molar-refractivity contribution is 6.32. The molecule has 0 aromatic heterocycles. The van der Waals surface area contributed by atoms with E-state index in [0.29, 0.717) is 16.3 Å². The molecule has 1 aromatic rings. The van der Waals surface area contributed by atoms with Crippen molar-refractivity contribution in [2.75, 3.05) is 0 Å². The van der Waals surface area contributed by atoms with Crippen LogP contribution in [0.25, 0.3) is 0 Å². The lowest BCUT2D eigenvalue weighted by Crippen LogP contribution is -2.54. The molecule has 2 unspecified atom stereocenters. The minimum Gasteiger partial charge on any atom is -0.486 e. The van der Waals surface area contributed by atoms with Crippen molar-refractivity contribution < 1.29 is 9.84 Å². The number of benzene rings is 1. The van der Waals surface area contributed by atoms with E-state index < -0.39 is 17.7 Å². The summed E-state index contributed by atoms with van der Waals surface area (Å²) >= 11 is 6.19. The smallest absolute Gasteiger partial charge is 0.126 e. The third-order valence-corrected chi connectivity index (χ3v) is 4.09. The van der Waals surface area contributed by atoms with Gasteiger partial charge in [0.25, 0.3) is 0 Å². The first-order chi connectivity index (χ1) is 7.75. The van der Waals surface area contributed by atoms with E-state index in [2.05, 4.69) is 0 Å². The van der Waals surface area contributed by atoms with Gasteiger partial charge in [0, 0.05) is 10.6 Å². The zero-order valence-corrected chi connectivity index (χ0v) is 12.5. The zero-order valence-electron chi connectivity index (χ0n) is 11.0. The molecule has 1 heterocycles. The third-order valence-electron chi connectivity index (χ3n) is 3.50. The summed E-state index contributed by atoms with van der Waals surface area (Å²) in [5.74, 6) is 0.684. The molecule has 2 rings (SSSR count). The maximum absolute atomic E-state index is 10.3. The lowest BCUT2D eigenvalue weighted by atomic mass is 9.84. The standard InChI is InChI=1S/C13H18ClNO2.ClH/c1-6-5-8-9(7(2)10(6)14)11(16)12(15)13(3,4)17-8;/h5,11-12,16H,15H2,1-4H3;1H. The SMILES string of the molecule is Cc1cc2c(c(C)c1Cl)C(O)C(N)C(C)(C)O2.Cl. The lowest BCUT2D eigenvalue weighted by Gasteiger charge is -2.41. The van der Waals surface area contributed by atoms with E-state index in [-0.39, 0.29) is 12.4 Å². The summed E-state index contributed by atoms with van der Waals surface area (Å²) in [6.07, 6.45) is -0.744. The predicted molar refractivity (Wildman–Crippen MR) is 75.8 cm³/mol. The van der Waals surface area contributed by atoms with E-state index in [1.807, 2.05) is 33.8 Å².